The standard InChI is InChI=1S/C25H22FN3O6S/c26-18-8-6-17(7-9-18)15-28(24(31)16-35-20-4-2-1-3-5-20)22-14-23(30)29(25(22)32)19-10-12-21(13-11-19)36(27,33)34/h1-13,22H,14-16H2,(H2,27,33,34). The fourth-order valence-corrected chi connectivity index (χ4v) is 4.33. The van der Waals surface area contributed by atoms with Gasteiger partial charge in [0.25, 0.3) is 11.8 Å². The van der Waals surface area contributed by atoms with Gasteiger partial charge in [-0.05, 0) is 54.1 Å². The second-order valence-corrected chi connectivity index (χ2v) is 9.64. The summed E-state index contributed by atoms with van der Waals surface area (Å²) in [6.07, 6.45) is -0.284. The summed E-state index contributed by atoms with van der Waals surface area (Å²) in [4.78, 5) is 41.3. The predicted molar refractivity (Wildman–Crippen MR) is 128 cm³/mol. The molecule has 1 atom stereocenters. The number of rotatable bonds is 8. The summed E-state index contributed by atoms with van der Waals surface area (Å²) in [5.74, 6) is -1.75. The molecule has 186 valence electrons. The lowest BCUT2D eigenvalue weighted by Gasteiger charge is -2.28. The number of halogens is 1. The van der Waals surface area contributed by atoms with Gasteiger partial charge in [-0.25, -0.2) is 22.8 Å². The maximum Gasteiger partial charge on any atom is 0.261 e. The van der Waals surface area contributed by atoms with Crippen LogP contribution >= 0.6 is 0 Å². The largest absolute Gasteiger partial charge is 0.484 e. The van der Waals surface area contributed by atoms with E-state index >= 15 is 0 Å². The molecule has 3 amide bonds. The topological polar surface area (TPSA) is 127 Å². The first-order valence-corrected chi connectivity index (χ1v) is 12.4. The summed E-state index contributed by atoms with van der Waals surface area (Å²) in [5.41, 5.74) is 0.704. The minimum atomic E-state index is -3.95. The molecule has 4 rings (SSSR count). The van der Waals surface area contributed by atoms with Gasteiger partial charge in [0.1, 0.15) is 17.6 Å². The molecule has 3 aromatic carbocycles. The molecule has 1 fully saturated rings. The molecule has 0 aliphatic carbocycles. The molecule has 9 nitrogen and oxygen atoms in total. The third-order valence-electron chi connectivity index (χ3n) is 5.61. The average molecular weight is 512 g/mol. The van der Waals surface area contributed by atoms with Gasteiger partial charge in [-0.2, -0.15) is 0 Å². The number of carbonyl (C=O) groups is 3. The van der Waals surface area contributed by atoms with E-state index in [0.717, 1.165) is 4.90 Å². The minimum Gasteiger partial charge on any atom is -0.484 e. The molecular formula is C25H22FN3O6S. The van der Waals surface area contributed by atoms with Crippen molar-refractivity contribution in [1.82, 2.24) is 4.90 Å². The van der Waals surface area contributed by atoms with Crippen molar-refractivity contribution in [1.29, 1.82) is 0 Å². The zero-order valence-corrected chi connectivity index (χ0v) is 19.7. The van der Waals surface area contributed by atoms with Crippen molar-refractivity contribution in [2.24, 2.45) is 5.14 Å². The second kappa shape index (κ2) is 10.3. The Morgan fingerprint density at radius 3 is 2.25 bits per heavy atom. The maximum absolute atomic E-state index is 13.4. The normalized spacial score (nSPS) is 15.7. The van der Waals surface area contributed by atoms with E-state index in [0.29, 0.717) is 11.3 Å². The predicted octanol–water partition coefficient (Wildman–Crippen LogP) is 2.21. The number of para-hydroxylation sites is 1. The van der Waals surface area contributed by atoms with Crippen LogP contribution in [0.25, 0.3) is 0 Å². The molecule has 36 heavy (non-hydrogen) atoms. The second-order valence-electron chi connectivity index (χ2n) is 8.08. The van der Waals surface area contributed by atoms with Gasteiger partial charge in [0, 0.05) is 6.54 Å². The molecular weight excluding hydrogens is 489 g/mol. The molecule has 0 spiro atoms. The summed E-state index contributed by atoms with van der Waals surface area (Å²) in [6, 6.07) is 17.9. The van der Waals surface area contributed by atoms with E-state index in [-0.39, 0.29) is 30.2 Å². The van der Waals surface area contributed by atoms with Crippen LogP contribution in [0.4, 0.5) is 10.1 Å². The number of anilines is 1. The number of amides is 3. The van der Waals surface area contributed by atoms with Crippen molar-refractivity contribution in [2.45, 2.75) is 23.9 Å². The summed E-state index contributed by atoms with van der Waals surface area (Å²) in [7, 11) is -3.95. The average Bonchev–Trinajstić information content (AvgIpc) is 3.15. The van der Waals surface area contributed by atoms with Gasteiger partial charge in [0.05, 0.1) is 17.0 Å². The summed E-state index contributed by atoms with van der Waals surface area (Å²) in [6.45, 7) is -0.439. The van der Waals surface area contributed by atoms with Gasteiger partial charge in [0.2, 0.25) is 15.9 Å². The van der Waals surface area contributed by atoms with Gasteiger partial charge in [0.15, 0.2) is 6.61 Å². The highest BCUT2D eigenvalue weighted by molar-refractivity contribution is 7.89. The van der Waals surface area contributed by atoms with E-state index in [4.69, 9.17) is 9.88 Å². The Hall–Kier alpha value is -4.09. The van der Waals surface area contributed by atoms with Gasteiger partial charge >= 0.3 is 0 Å². The zero-order chi connectivity index (χ0) is 25.9. The van der Waals surface area contributed by atoms with E-state index in [1.807, 2.05) is 0 Å². The highest BCUT2D eigenvalue weighted by Crippen LogP contribution is 2.28. The molecule has 1 aliphatic rings. The molecule has 2 N–H and O–H groups in total. The van der Waals surface area contributed by atoms with Crippen LogP contribution in [-0.4, -0.2) is 43.7 Å². The fourth-order valence-electron chi connectivity index (χ4n) is 3.82. The quantitative estimate of drug-likeness (QED) is 0.462. The minimum absolute atomic E-state index is 0.0564. The van der Waals surface area contributed by atoms with Crippen molar-refractivity contribution < 1.29 is 31.9 Å². The van der Waals surface area contributed by atoms with E-state index < -0.39 is 39.6 Å². The van der Waals surface area contributed by atoms with Gasteiger partial charge in [-0.3, -0.25) is 14.4 Å². The Kier molecular flexibility index (Phi) is 7.13. The first-order chi connectivity index (χ1) is 17.1. The molecule has 0 saturated carbocycles. The van der Waals surface area contributed by atoms with Crippen LogP contribution in [0.3, 0.4) is 0 Å². The van der Waals surface area contributed by atoms with E-state index in [1.165, 1.54) is 53.4 Å². The third-order valence-corrected chi connectivity index (χ3v) is 6.54. The molecule has 11 heteroatoms. The number of imide groups is 1. The van der Waals surface area contributed by atoms with E-state index in [2.05, 4.69) is 0 Å². The number of carbonyl (C=O) groups excluding carboxylic acids is 3. The zero-order valence-electron chi connectivity index (χ0n) is 18.9. The fraction of sp³-hybridized carbons (Fsp3) is 0.160. The molecule has 0 radical (unpaired) electrons. The van der Waals surface area contributed by atoms with Crippen LogP contribution in [0.5, 0.6) is 5.75 Å². The Morgan fingerprint density at radius 1 is 1.00 bits per heavy atom. The number of nitrogens with two attached hydrogens (primary N) is 1. The molecule has 0 aromatic heterocycles. The van der Waals surface area contributed by atoms with Crippen molar-refractivity contribution in [3.05, 3.63) is 90.2 Å². The number of hydrogen-bond acceptors (Lipinski definition) is 6. The Bertz CT molecular complexity index is 1380. The van der Waals surface area contributed by atoms with Crippen LogP contribution in [0.2, 0.25) is 0 Å². The molecule has 0 bridgehead atoms. The third kappa shape index (κ3) is 5.58. The summed E-state index contributed by atoms with van der Waals surface area (Å²) >= 11 is 0. The van der Waals surface area contributed by atoms with Gasteiger partial charge in [-0.15, -0.1) is 0 Å². The highest BCUT2D eigenvalue weighted by atomic mass is 32.2. The first-order valence-electron chi connectivity index (χ1n) is 10.8. The maximum atomic E-state index is 13.4. The Balaban J connectivity index is 1.59. The Labute approximate surface area is 206 Å². The van der Waals surface area contributed by atoms with Crippen LogP contribution in [0.15, 0.2) is 83.8 Å². The Morgan fingerprint density at radius 2 is 1.64 bits per heavy atom. The summed E-state index contributed by atoms with van der Waals surface area (Å²) < 4.78 is 42.0. The monoisotopic (exact) mass is 511 g/mol. The molecule has 3 aromatic rings. The number of primary sulfonamides is 1. The van der Waals surface area contributed by atoms with Crippen LogP contribution in [0, 0.1) is 5.82 Å². The van der Waals surface area contributed by atoms with Gasteiger partial charge in [-0.1, -0.05) is 30.3 Å². The SMILES string of the molecule is NS(=O)(=O)c1ccc(N2C(=O)CC(N(Cc3ccc(F)cc3)C(=O)COc3ccccc3)C2=O)cc1. The van der Waals surface area contributed by atoms with Gasteiger partial charge < -0.3 is 9.64 Å². The van der Waals surface area contributed by atoms with Crippen molar-refractivity contribution in [3.8, 4) is 5.75 Å². The number of ether oxygens (including phenoxy) is 1. The number of hydrogen-bond donors (Lipinski definition) is 1. The van der Waals surface area contributed by atoms with Crippen molar-refractivity contribution >= 4 is 33.4 Å². The molecule has 1 saturated heterocycles. The smallest absolute Gasteiger partial charge is 0.261 e. The van der Waals surface area contributed by atoms with Crippen LogP contribution in [-0.2, 0) is 31.0 Å². The lowest BCUT2D eigenvalue weighted by molar-refractivity contribution is -0.140. The molecule has 1 unspecified atom stereocenters. The lowest BCUT2D eigenvalue weighted by Crippen LogP contribution is -2.46. The van der Waals surface area contributed by atoms with Crippen molar-refractivity contribution in [3.63, 3.8) is 0 Å². The highest BCUT2D eigenvalue weighted by Gasteiger charge is 2.44. The first kappa shape index (κ1) is 25.0. The van der Waals surface area contributed by atoms with Crippen LogP contribution in [0.1, 0.15) is 12.0 Å². The number of sulfonamides is 1. The lowest BCUT2D eigenvalue weighted by atomic mass is 10.1. The van der Waals surface area contributed by atoms with Crippen LogP contribution < -0.4 is 14.8 Å². The number of benzene rings is 3. The summed E-state index contributed by atoms with van der Waals surface area (Å²) in [5, 5.41) is 5.11. The molecule has 1 aliphatic heterocycles. The van der Waals surface area contributed by atoms with Crippen molar-refractivity contribution in [2.75, 3.05) is 11.5 Å². The molecule has 1 heterocycles. The van der Waals surface area contributed by atoms with E-state index in [1.54, 1.807) is 30.3 Å². The number of nitrogens with zero attached hydrogens (tertiary/aromatic N) is 2. The van der Waals surface area contributed by atoms with E-state index in [9.17, 15) is 27.2 Å².